The zero-order valence-corrected chi connectivity index (χ0v) is 13.9. The molecule has 1 fully saturated rings. The minimum atomic E-state index is 0.296. The Bertz CT molecular complexity index is 634. The quantitative estimate of drug-likeness (QED) is 0.913. The predicted octanol–water partition coefficient (Wildman–Crippen LogP) is 1.78. The van der Waals surface area contributed by atoms with Crippen molar-refractivity contribution in [3.63, 3.8) is 0 Å². The second-order valence-corrected chi connectivity index (χ2v) is 6.94. The van der Waals surface area contributed by atoms with E-state index in [4.69, 9.17) is 0 Å². The van der Waals surface area contributed by atoms with Crippen molar-refractivity contribution in [3.8, 4) is 0 Å². The summed E-state index contributed by atoms with van der Waals surface area (Å²) < 4.78 is 2.17. The maximum absolute atomic E-state index is 9.66. The molecule has 2 heterocycles. The number of aromatic nitrogens is 1. The summed E-state index contributed by atoms with van der Waals surface area (Å²) in [5, 5.41) is 11.0. The largest absolute Gasteiger partial charge is 0.396 e. The van der Waals surface area contributed by atoms with Gasteiger partial charge in [0.15, 0.2) is 0 Å². The Morgan fingerprint density at radius 1 is 1.18 bits per heavy atom. The molecule has 0 bridgehead atoms. The molecular weight excluding hydrogens is 274 g/mol. The molecule has 0 saturated carbocycles. The van der Waals surface area contributed by atoms with E-state index in [0.717, 1.165) is 26.2 Å². The molecule has 1 saturated heterocycles. The molecule has 1 aliphatic rings. The maximum atomic E-state index is 9.66. The Kier molecular flexibility index (Phi) is 4.52. The van der Waals surface area contributed by atoms with Crippen molar-refractivity contribution in [2.75, 3.05) is 40.3 Å². The van der Waals surface area contributed by atoms with E-state index >= 15 is 0 Å². The highest BCUT2D eigenvalue weighted by molar-refractivity contribution is 5.83. The summed E-state index contributed by atoms with van der Waals surface area (Å²) in [6.45, 7) is 4.40. The van der Waals surface area contributed by atoms with Crippen LogP contribution in [-0.4, -0.2) is 59.8 Å². The van der Waals surface area contributed by atoms with Gasteiger partial charge in [0.2, 0.25) is 0 Å². The molecule has 2 aromatic rings. The van der Waals surface area contributed by atoms with Crippen LogP contribution in [0.4, 0.5) is 0 Å². The molecule has 1 aliphatic heterocycles. The van der Waals surface area contributed by atoms with Crippen LogP contribution < -0.4 is 0 Å². The number of rotatable bonds is 5. The van der Waals surface area contributed by atoms with Crippen molar-refractivity contribution < 1.29 is 5.11 Å². The number of fused-ring (bicyclic) bond motifs is 1. The fraction of sp³-hybridized carbons (Fsp3) is 0.556. The molecule has 3 rings (SSSR count). The van der Waals surface area contributed by atoms with Gasteiger partial charge >= 0.3 is 0 Å². The second kappa shape index (κ2) is 6.41. The van der Waals surface area contributed by atoms with E-state index in [-0.39, 0.29) is 0 Å². The van der Waals surface area contributed by atoms with Crippen LogP contribution in [0.1, 0.15) is 5.56 Å². The Hall–Kier alpha value is -1.36. The van der Waals surface area contributed by atoms with Crippen molar-refractivity contribution in [2.24, 2.45) is 18.9 Å². The molecule has 0 aliphatic carbocycles. The van der Waals surface area contributed by atoms with Gasteiger partial charge in [-0.25, -0.2) is 0 Å². The zero-order chi connectivity index (χ0) is 15.7. The van der Waals surface area contributed by atoms with Crippen LogP contribution in [0.25, 0.3) is 10.9 Å². The first-order valence-corrected chi connectivity index (χ1v) is 8.09. The molecule has 4 heteroatoms. The number of nitrogens with zero attached hydrogens (tertiary/aromatic N) is 3. The van der Waals surface area contributed by atoms with Crippen molar-refractivity contribution in [3.05, 3.63) is 36.0 Å². The van der Waals surface area contributed by atoms with Crippen molar-refractivity contribution in [2.45, 2.75) is 6.54 Å². The Morgan fingerprint density at radius 2 is 1.95 bits per heavy atom. The fourth-order valence-electron chi connectivity index (χ4n) is 3.79. The van der Waals surface area contributed by atoms with Gasteiger partial charge in [-0.1, -0.05) is 12.1 Å². The summed E-state index contributed by atoms with van der Waals surface area (Å²) in [6, 6.07) is 8.76. The van der Waals surface area contributed by atoms with Crippen molar-refractivity contribution >= 4 is 10.9 Å². The highest BCUT2D eigenvalue weighted by Crippen LogP contribution is 2.27. The van der Waals surface area contributed by atoms with Gasteiger partial charge in [-0.3, -0.25) is 4.90 Å². The Labute approximate surface area is 132 Å². The smallest absolute Gasteiger partial charge is 0.0480 e. The summed E-state index contributed by atoms with van der Waals surface area (Å²) in [6.07, 6.45) is 2.13. The average Bonchev–Trinajstić information content (AvgIpc) is 3.03. The van der Waals surface area contributed by atoms with Crippen LogP contribution in [0.5, 0.6) is 0 Å². The molecule has 0 radical (unpaired) electrons. The van der Waals surface area contributed by atoms with E-state index in [0.29, 0.717) is 18.4 Å². The topological polar surface area (TPSA) is 31.6 Å². The van der Waals surface area contributed by atoms with Gasteiger partial charge in [0, 0.05) is 56.9 Å². The van der Waals surface area contributed by atoms with Crippen LogP contribution in [-0.2, 0) is 13.6 Å². The molecule has 0 unspecified atom stereocenters. The van der Waals surface area contributed by atoms with E-state index in [9.17, 15) is 5.11 Å². The number of benzene rings is 1. The third-order valence-electron chi connectivity index (χ3n) is 4.90. The fourth-order valence-corrected chi connectivity index (χ4v) is 3.79. The van der Waals surface area contributed by atoms with Crippen LogP contribution in [0.2, 0.25) is 0 Å². The molecule has 120 valence electrons. The summed E-state index contributed by atoms with van der Waals surface area (Å²) >= 11 is 0. The first-order chi connectivity index (χ1) is 10.6. The van der Waals surface area contributed by atoms with Gasteiger partial charge in [-0.15, -0.1) is 0 Å². The molecule has 22 heavy (non-hydrogen) atoms. The number of hydrogen-bond acceptors (Lipinski definition) is 3. The van der Waals surface area contributed by atoms with Gasteiger partial charge in [0.05, 0.1) is 0 Å². The molecule has 1 aromatic heterocycles. The van der Waals surface area contributed by atoms with Gasteiger partial charge in [-0.2, -0.15) is 0 Å². The van der Waals surface area contributed by atoms with Crippen LogP contribution in [0, 0.1) is 11.8 Å². The molecule has 2 atom stereocenters. The van der Waals surface area contributed by atoms with Gasteiger partial charge in [-0.05, 0) is 43.6 Å². The van der Waals surface area contributed by atoms with Crippen molar-refractivity contribution in [1.29, 1.82) is 0 Å². The standard InChI is InChI=1S/C18H27N3O/c1-19(2)9-15-11-21(12-16(15)13-22)10-14-5-4-6-18-17(14)7-8-20(18)3/h4-8,15-16,22H,9-13H2,1-3H3/t15-,16-/m1/s1. The van der Waals surface area contributed by atoms with Crippen molar-refractivity contribution in [1.82, 2.24) is 14.4 Å². The highest BCUT2D eigenvalue weighted by atomic mass is 16.3. The first kappa shape index (κ1) is 15.5. The van der Waals surface area contributed by atoms with Crippen LogP contribution >= 0.6 is 0 Å². The second-order valence-electron chi connectivity index (χ2n) is 6.94. The van der Waals surface area contributed by atoms with Crippen LogP contribution in [0.15, 0.2) is 30.5 Å². The van der Waals surface area contributed by atoms with Gasteiger partial charge < -0.3 is 14.6 Å². The molecule has 0 amide bonds. The number of hydrogen-bond donors (Lipinski definition) is 1. The summed E-state index contributed by atoms with van der Waals surface area (Å²) in [4.78, 5) is 4.73. The van der Waals surface area contributed by atoms with E-state index in [1.807, 2.05) is 0 Å². The number of aliphatic hydroxyl groups is 1. The molecule has 1 N–H and O–H groups in total. The summed E-state index contributed by atoms with van der Waals surface area (Å²) in [7, 11) is 6.32. The third kappa shape index (κ3) is 3.05. The lowest BCUT2D eigenvalue weighted by molar-refractivity contribution is 0.183. The maximum Gasteiger partial charge on any atom is 0.0480 e. The SMILES string of the molecule is CN(C)C[C@@H]1CN(Cc2cccc3c2ccn3C)C[C@@H]1CO. The number of aliphatic hydroxyl groups excluding tert-OH is 1. The molecule has 4 nitrogen and oxygen atoms in total. The average molecular weight is 301 g/mol. The van der Waals surface area contributed by atoms with E-state index in [1.165, 1.54) is 16.5 Å². The lowest BCUT2D eigenvalue weighted by Crippen LogP contribution is -2.28. The lowest BCUT2D eigenvalue weighted by Gasteiger charge is -2.20. The summed E-state index contributed by atoms with van der Waals surface area (Å²) in [5.74, 6) is 0.965. The number of aryl methyl sites for hydroxylation is 1. The van der Waals surface area contributed by atoms with E-state index < -0.39 is 0 Å². The first-order valence-electron chi connectivity index (χ1n) is 8.09. The Balaban J connectivity index is 1.75. The highest BCUT2D eigenvalue weighted by Gasteiger charge is 2.32. The minimum absolute atomic E-state index is 0.296. The molecular formula is C18H27N3O. The predicted molar refractivity (Wildman–Crippen MR) is 90.8 cm³/mol. The summed E-state index contributed by atoms with van der Waals surface area (Å²) in [5.41, 5.74) is 2.68. The van der Waals surface area contributed by atoms with E-state index in [2.05, 4.69) is 66.0 Å². The minimum Gasteiger partial charge on any atom is -0.396 e. The molecule has 0 spiro atoms. The van der Waals surface area contributed by atoms with E-state index in [1.54, 1.807) is 0 Å². The number of likely N-dealkylation sites (tertiary alicyclic amines) is 1. The lowest BCUT2D eigenvalue weighted by atomic mass is 9.97. The third-order valence-corrected chi connectivity index (χ3v) is 4.90. The van der Waals surface area contributed by atoms with Gasteiger partial charge in [0.1, 0.15) is 0 Å². The molecule has 1 aromatic carbocycles. The normalized spacial score (nSPS) is 23.0. The van der Waals surface area contributed by atoms with Gasteiger partial charge in [0.25, 0.3) is 0 Å². The van der Waals surface area contributed by atoms with Crippen LogP contribution in [0.3, 0.4) is 0 Å². The zero-order valence-electron chi connectivity index (χ0n) is 13.9. The Morgan fingerprint density at radius 3 is 2.68 bits per heavy atom. The monoisotopic (exact) mass is 301 g/mol.